The lowest BCUT2D eigenvalue weighted by Crippen LogP contribution is -2.45. The Morgan fingerprint density at radius 1 is 1.31 bits per heavy atom. The third-order valence-electron chi connectivity index (χ3n) is 4.41. The van der Waals surface area contributed by atoms with Gasteiger partial charge in [0.15, 0.2) is 5.96 Å². The molecule has 29 heavy (non-hydrogen) atoms. The van der Waals surface area contributed by atoms with Crippen molar-refractivity contribution in [1.29, 1.82) is 0 Å². The normalized spacial score (nSPS) is 19.4. The summed E-state index contributed by atoms with van der Waals surface area (Å²) in [6.07, 6.45) is 2.24. The molecule has 1 aromatic carbocycles. The molecule has 1 aliphatic heterocycles. The number of anilines is 2. The van der Waals surface area contributed by atoms with Crippen molar-refractivity contribution in [3.8, 4) is 5.75 Å². The number of ether oxygens (including phenoxy) is 2. The fourth-order valence-electron chi connectivity index (χ4n) is 3.17. The minimum absolute atomic E-state index is 0. The molecule has 0 saturated carbocycles. The average Bonchev–Trinajstić information content (AvgIpc) is 2.66. The number of methoxy groups -OCH3 is 1. The molecule has 2 aromatic rings. The van der Waals surface area contributed by atoms with Crippen LogP contribution in [0.1, 0.15) is 19.4 Å². The monoisotopic (exact) mass is 531 g/mol. The van der Waals surface area contributed by atoms with Crippen molar-refractivity contribution < 1.29 is 9.47 Å². The Hall–Kier alpha value is -1.78. The van der Waals surface area contributed by atoms with E-state index in [0.29, 0.717) is 23.3 Å². The van der Waals surface area contributed by atoms with Crippen molar-refractivity contribution in [2.75, 3.05) is 30.4 Å². The molecule has 1 fully saturated rings. The highest BCUT2D eigenvalue weighted by molar-refractivity contribution is 14.0. The maximum atomic E-state index is 6.12. The van der Waals surface area contributed by atoms with E-state index in [0.717, 1.165) is 30.2 Å². The average molecular weight is 532 g/mol. The molecule has 1 aliphatic rings. The standard InChI is InChI=1S/C20H26ClN5O2.HI/c1-13-11-26(12-14(2)28-13)19-7-4-15(9-23-19)10-24-20(22)25-16-5-6-18(27-3)17(21)8-16;/h4-9,13-14H,10-12H2,1-3H3,(H3,22,24,25);1H. The molecule has 2 heterocycles. The van der Waals surface area contributed by atoms with E-state index in [4.69, 9.17) is 26.8 Å². The number of guanidine groups is 1. The Morgan fingerprint density at radius 3 is 2.62 bits per heavy atom. The van der Waals surface area contributed by atoms with Crippen LogP contribution in [0.5, 0.6) is 5.75 Å². The maximum Gasteiger partial charge on any atom is 0.193 e. The van der Waals surface area contributed by atoms with E-state index in [2.05, 4.69) is 34.0 Å². The molecule has 2 atom stereocenters. The van der Waals surface area contributed by atoms with Gasteiger partial charge < -0.3 is 25.4 Å². The smallest absolute Gasteiger partial charge is 0.193 e. The van der Waals surface area contributed by atoms with Crippen LogP contribution in [-0.2, 0) is 11.3 Å². The number of hydrogen-bond acceptors (Lipinski definition) is 5. The summed E-state index contributed by atoms with van der Waals surface area (Å²) in [5, 5.41) is 3.53. The lowest BCUT2D eigenvalue weighted by Gasteiger charge is -2.36. The lowest BCUT2D eigenvalue weighted by atomic mass is 10.2. The molecule has 0 amide bonds. The number of benzene rings is 1. The Labute approximate surface area is 193 Å². The Kier molecular flexibility index (Phi) is 8.79. The minimum atomic E-state index is 0. The van der Waals surface area contributed by atoms with Crippen molar-refractivity contribution in [1.82, 2.24) is 4.98 Å². The highest BCUT2D eigenvalue weighted by Crippen LogP contribution is 2.27. The van der Waals surface area contributed by atoms with E-state index in [9.17, 15) is 0 Å². The first-order chi connectivity index (χ1) is 13.4. The SMILES string of the molecule is COc1ccc(NC(N)=NCc2ccc(N3CC(C)OC(C)C3)nc2)cc1Cl.I. The molecular formula is C20H27ClIN5O2. The van der Waals surface area contributed by atoms with Crippen LogP contribution in [0.2, 0.25) is 5.02 Å². The zero-order chi connectivity index (χ0) is 20.1. The van der Waals surface area contributed by atoms with Crippen LogP contribution < -0.4 is 20.7 Å². The van der Waals surface area contributed by atoms with E-state index >= 15 is 0 Å². The highest BCUT2D eigenvalue weighted by atomic mass is 127. The first kappa shape index (κ1) is 23.5. The molecule has 7 nitrogen and oxygen atoms in total. The molecule has 0 radical (unpaired) electrons. The summed E-state index contributed by atoms with van der Waals surface area (Å²) < 4.78 is 10.9. The fraction of sp³-hybridized carbons (Fsp3) is 0.400. The molecule has 3 rings (SSSR count). The third kappa shape index (κ3) is 6.61. The molecular weight excluding hydrogens is 505 g/mol. The number of nitrogens with zero attached hydrogens (tertiary/aromatic N) is 3. The summed E-state index contributed by atoms with van der Waals surface area (Å²) in [5.41, 5.74) is 7.70. The third-order valence-corrected chi connectivity index (χ3v) is 4.70. The van der Waals surface area contributed by atoms with Gasteiger partial charge in [0, 0.05) is 25.0 Å². The summed E-state index contributed by atoms with van der Waals surface area (Å²) in [6, 6.07) is 9.38. The molecule has 9 heteroatoms. The van der Waals surface area contributed by atoms with Crippen molar-refractivity contribution in [2.45, 2.75) is 32.6 Å². The quantitative estimate of drug-likeness (QED) is 0.346. The van der Waals surface area contributed by atoms with Gasteiger partial charge in [0.1, 0.15) is 11.6 Å². The van der Waals surface area contributed by atoms with Crippen molar-refractivity contribution >= 4 is 53.0 Å². The van der Waals surface area contributed by atoms with Gasteiger partial charge in [-0.3, -0.25) is 0 Å². The van der Waals surface area contributed by atoms with Crippen LogP contribution in [0, 0.1) is 0 Å². The van der Waals surface area contributed by atoms with Crippen LogP contribution >= 0.6 is 35.6 Å². The lowest BCUT2D eigenvalue weighted by molar-refractivity contribution is -0.00545. The first-order valence-corrected chi connectivity index (χ1v) is 9.58. The predicted molar refractivity (Wildman–Crippen MR) is 129 cm³/mol. The van der Waals surface area contributed by atoms with E-state index in [-0.39, 0.29) is 36.2 Å². The van der Waals surface area contributed by atoms with Crippen LogP contribution in [0.25, 0.3) is 0 Å². The molecule has 3 N–H and O–H groups in total. The molecule has 2 unspecified atom stereocenters. The number of rotatable bonds is 5. The summed E-state index contributed by atoms with van der Waals surface area (Å²) in [5.74, 6) is 1.87. The Balaban J connectivity index is 0.00000300. The second kappa shape index (κ2) is 10.8. The van der Waals surface area contributed by atoms with Crippen LogP contribution in [0.15, 0.2) is 41.5 Å². The molecule has 0 bridgehead atoms. The maximum absolute atomic E-state index is 6.12. The van der Waals surface area contributed by atoms with Crippen molar-refractivity contribution in [2.24, 2.45) is 10.7 Å². The van der Waals surface area contributed by atoms with E-state index < -0.39 is 0 Å². The van der Waals surface area contributed by atoms with Crippen LogP contribution in [-0.4, -0.2) is 43.4 Å². The van der Waals surface area contributed by atoms with Gasteiger partial charge in [-0.1, -0.05) is 17.7 Å². The second-order valence-corrected chi connectivity index (χ2v) is 7.27. The summed E-state index contributed by atoms with van der Waals surface area (Å²) in [4.78, 5) is 11.2. The number of halogens is 2. The topological polar surface area (TPSA) is 85.0 Å². The Morgan fingerprint density at radius 2 is 2.03 bits per heavy atom. The molecule has 0 aliphatic carbocycles. The summed E-state index contributed by atoms with van der Waals surface area (Å²) in [6.45, 7) is 6.28. The number of aromatic nitrogens is 1. The van der Waals surface area contributed by atoms with Crippen LogP contribution in [0.4, 0.5) is 11.5 Å². The van der Waals surface area contributed by atoms with Gasteiger partial charge in [0.2, 0.25) is 0 Å². The first-order valence-electron chi connectivity index (χ1n) is 9.20. The number of nitrogens with one attached hydrogen (secondary N) is 1. The number of nitrogens with two attached hydrogens (primary N) is 1. The summed E-state index contributed by atoms with van der Waals surface area (Å²) in [7, 11) is 1.57. The predicted octanol–water partition coefficient (Wildman–Crippen LogP) is 3.90. The molecule has 158 valence electrons. The highest BCUT2D eigenvalue weighted by Gasteiger charge is 2.22. The van der Waals surface area contributed by atoms with Crippen LogP contribution in [0.3, 0.4) is 0 Å². The van der Waals surface area contributed by atoms with Gasteiger partial charge in [0.25, 0.3) is 0 Å². The van der Waals surface area contributed by atoms with Crippen molar-refractivity contribution in [3.63, 3.8) is 0 Å². The molecule has 0 spiro atoms. The number of pyridine rings is 1. The van der Waals surface area contributed by atoms with Gasteiger partial charge in [-0.2, -0.15) is 0 Å². The minimum Gasteiger partial charge on any atom is -0.495 e. The summed E-state index contributed by atoms with van der Waals surface area (Å²) >= 11 is 6.12. The largest absolute Gasteiger partial charge is 0.495 e. The van der Waals surface area contributed by atoms with E-state index in [1.54, 1.807) is 19.2 Å². The second-order valence-electron chi connectivity index (χ2n) is 6.86. The van der Waals surface area contributed by atoms with Gasteiger partial charge in [-0.05, 0) is 43.7 Å². The Bertz CT molecular complexity index is 824. The zero-order valence-electron chi connectivity index (χ0n) is 16.8. The molecule has 1 saturated heterocycles. The molecule has 1 aromatic heterocycles. The number of hydrogen-bond donors (Lipinski definition) is 2. The van der Waals surface area contributed by atoms with Gasteiger partial charge in [-0.15, -0.1) is 24.0 Å². The van der Waals surface area contributed by atoms with Gasteiger partial charge >= 0.3 is 0 Å². The number of aliphatic imine (C=N–C) groups is 1. The van der Waals surface area contributed by atoms with Gasteiger partial charge in [-0.25, -0.2) is 9.98 Å². The van der Waals surface area contributed by atoms with Crippen molar-refractivity contribution in [3.05, 3.63) is 47.1 Å². The number of morpholine rings is 1. The zero-order valence-corrected chi connectivity index (χ0v) is 19.8. The van der Waals surface area contributed by atoms with E-state index in [1.165, 1.54) is 0 Å². The van der Waals surface area contributed by atoms with E-state index in [1.807, 2.05) is 24.4 Å². The fourth-order valence-corrected chi connectivity index (χ4v) is 3.43. The van der Waals surface area contributed by atoms with Gasteiger partial charge in [0.05, 0.1) is 30.9 Å².